The van der Waals surface area contributed by atoms with Crippen molar-refractivity contribution in [2.45, 2.75) is 38.7 Å². The molecule has 0 spiro atoms. The highest BCUT2D eigenvalue weighted by atomic mass is 32.1. The van der Waals surface area contributed by atoms with Gasteiger partial charge in [0.05, 0.1) is 4.88 Å². The predicted molar refractivity (Wildman–Crippen MR) is 105 cm³/mol. The zero-order valence-corrected chi connectivity index (χ0v) is 16.3. The summed E-state index contributed by atoms with van der Waals surface area (Å²) in [6, 6.07) is 9.57. The Hall–Kier alpha value is -1.99. The smallest absolute Gasteiger partial charge is 0.273 e. The number of aromatic nitrogens is 2. The van der Waals surface area contributed by atoms with Gasteiger partial charge >= 0.3 is 0 Å². The van der Waals surface area contributed by atoms with Crippen LogP contribution in [0, 0.1) is 5.41 Å². The molecule has 7 heteroatoms. The van der Waals surface area contributed by atoms with Gasteiger partial charge in [0.2, 0.25) is 0 Å². The molecule has 1 aromatic carbocycles. The third-order valence-corrected chi connectivity index (χ3v) is 6.17. The van der Waals surface area contributed by atoms with Gasteiger partial charge in [0.25, 0.3) is 5.91 Å². The fraction of sp³-hybridized carbons (Fsp3) is 0.550. The maximum absolute atomic E-state index is 12.6. The Balaban J connectivity index is 1.29. The average Bonchev–Trinajstić information content (AvgIpc) is 3.30. The first-order valence-corrected chi connectivity index (χ1v) is 10.5. The molecular formula is C20H26N4O2S. The Labute approximate surface area is 164 Å². The van der Waals surface area contributed by atoms with E-state index in [1.54, 1.807) is 0 Å². The van der Waals surface area contributed by atoms with Crippen LogP contribution >= 0.6 is 11.5 Å². The summed E-state index contributed by atoms with van der Waals surface area (Å²) in [6.07, 6.45) is 6.35. The molecule has 1 amide bonds. The van der Waals surface area contributed by atoms with Crippen LogP contribution in [0.2, 0.25) is 0 Å². The first kappa shape index (κ1) is 18.4. The molecule has 1 saturated carbocycles. The van der Waals surface area contributed by atoms with Gasteiger partial charge in [-0.3, -0.25) is 4.79 Å². The van der Waals surface area contributed by atoms with Gasteiger partial charge in [0.1, 0.15) is 12.4 Å². The van der Waals surface area contributed by atoms with E-state index in [0.29, 0.717) is 12.3 Å². The van der Waals surface area contributed by atoms with E-state index < -0.39 is 0 Å². The number of nitrogens with one attached hydrogen (secondary N) is 1. The summed E-state index contributed by atoms with van der Waals surface area (Å²) in [7, 11) is 0. The van der Waals surface area contributed by atoms with E-state index in [9.17, 15) is 4.79 Å². The minimum absolute atomic E-state index is 0.139. The van der Waals surface area contributed by atoms with Crippen LogP contribution in [0.25, 0.3) is 0 Å². The summed E-state index contributed by atoms with van der Waals surface area (Å²) in [5.74, 6) is 0.635. The molecule has 2 fully saturated rings. The van der Waals surface area contributed by atoms with Crippen molar-refractivity contribution in [1.82, 2.24) is 19.8 Å². The maximum atomic E-state index is 12.6. The van der Waals surface area contributed by atoms with Crippen molar-refractivity contribution in [2.24, 2.45) is 5.41 Å². The summed E-state index contributed by atoms with van der Waals surface area (Å²) in [4.78, 5) is 16.0. The van der Waals surface area contributed by atoms with Crippen LogP contribution < -0.4 is 10.1 Å². The topological polar surface area (TPSA) is 67.4 Å². The molecule has 2 aromatic rings. The van der Waals surface area contributed by atoms with Gasteiger partial charge in [0, 0.05) is 18.5 Å². The third kappa shape index (κ3) is 4.84. The second-order valence-corrected chi connectivity index (χ2v) is 8.50. The molecule has 0 bridgehead atoms. The number of ether oxygens (including phenoxy) is 1. The van der Waals surface area contributed by atoms with Crippen LogP contribution in [0.3, 0.4) is 0 Å². The number of hydrogen-bond donors (Lipinski definition) is 1. The van der Waals surface area contributed by atoms with Crippen molar-refractivity contribution in [3.63, 3.8) is 0 Å². The Morgan fingerprint density at radius 2 is 1.96 bits per heavy atom. The predicted octanol–water partition coefficient (Wildman–Crippen LogP) is 3.11. The van der Waals surface area contributed by atoms with Crippen molar-refractivity contribution in [2.75, 3.05) is 26.2 Å². The quantitative estimate of drug-likeness (QED) is 0.755. The normalized spacial score (nSPS) is 18.8. The molecule has 2 heterocycles. The van der Waals surface area contributed by atoms with E-state index in [4.69, 9.17) is 4.74 Å². The molecule has 0 atom stereocenters. The van der Waals surface area contributed by atoms with Crippen molar-refractivity contribution < 1.29 is 9.53 Å². The number of hydrogen-bond acceptors (Lipinski definition) is 6. The minimum atomic E-state index is -0.139. The lowest BCUT2D eigenvalue weighted by Gasteiger charge is -2.30. The Kier molecular flexibility index (Phi) is 5.69. The lowest BCUT2D eigenvalue weighted by atomic mass is 10.0. The molecule has 1 aromatic heterocycles. The maximum Gasteiger partial charge on any atom is 0.273 e. The van der Waals surface area contributed by atoms with Gasteiger partial charge in [-0.2, -0.15) is 0 Å². The van der Waals surface area contributed by atoms with Crippen LogP contribution in [0.4, 0.5) is 0 Å². The van der Waals surface area contributed by atoms with Crippen molar-refractivity contribution in [1.29, 1.82) is 0 Å². The number of rotatable bonds is 8. The third-order valence-electron chi connectivity index (χ3n) is 5.47. The summed E-state index contributed by atoms with van der Waals surface area (Å²) in [5, 5.41) is 7.13. The first-order valence-electron chi connectivity index (χ1n) is 9.74. The number of likely N-dealkylation sites (tertiary alicyclic amines) is 1. The molecular weight excluding hydrogens is 360 g/mol. The van der Waals surface area contributed by atoms with E-state index in [1.165, 1.54) is 56.7 Å². The number of benzene rings is 1. The summed E-state index contributed by atoms with van der Waals surface area (Å²) in [6.45, 7) is 4.54. The fourth-order valence-corrected chi connectivity index (χ4v) is 4.21. The van der Waals surface area contributed by atoms with Crippen LogP contribution in [0.5, 0.6) is 5.75 Å². The van der Waals surface area contributed by atoms with Crippen molar-refractivity contribution in [3.8, 4) is 5.75 Å². The van der Waals surface area contributed by atoms with Crippen LogP contribution in [0.1, 0.15) is 47.5 Å². The summed E-state index contributed by atoms with van der Waals surface area (Å²) < 4.78 is 9.69. The molecule has 27 heavy (non-hydrogen) atoms. The fourth-order valence-electron chi connectivity index (χ4n) is 3.65. The zero-order valence-electron chi connectivity index (χ0n) is 15.5. The van der Waals surface area contributed by atoms with Gasteiger partial charge in [-0.25, -0.2) is 0 Å². The van der Waals surface area contributed by atoms with Crippen LogP contribution in [-0.2, 0) is 6.61 Å². The van der Waals surface area contributed by atoms with Gasteiger partial charge < -0.3 is 15.0 Å². The zero-order chi connectivity index (χ0) is 18.5. The molecule has 4 rings (SSSR count). The van der Waals surface area contributed by atoms with Crippen molar-refractivity contribution >= 4 is 17.4 Å². The van der Waals surface area contributed by atoms with E-state index >= 15 is 0 Å². The largest absolute Gasteiger partial charge is 0.488 e. The first-order chi connectivity index (χ1) is 13.2. The SMILES string of the molecule is O=C(NCC1(CN2CCCCC2)CC1)c1nnsc1COc1ccccc1. The van der Waals surface area contributed by atoms with Gasteiger partial charge in [-0.05, 0) is 62.4 Å². The van der Waals surface area contributed by atoms with E-state index in [0.717, 1.165) is 23.7 Å². The molecule has 2 aliphatic rings. The summed E-state index contributed by atoms with van der Waals surface area (Å²) >= 11 is 1.22. The monoisotopic (exact) mass is 386 g/mol. The Morgan fingerprint density at radius 3 is 2.70 bits per heavy atom. The van der Waals surface area contributed by atoms with E-state index in [-0.39, 0.29) is 11.3 Å². The molecule has 6 nitrogen and oxygen atoms in total. The molecule has 0 unspecified atom stereocenters. The van der Waals surface area contributed by atoms with Crippen LogP contribution in [-0.4, -0.2) is 46.6 Å². The summed E-state index contributed by atoms with van der Waals surface area (Å²) in [5.41, 5.74) is 0.654. The number of amides is 1. The molecule has 1 aliphatic heterocycles. The molecule has 144 valence electrons. The number of para-hydroxylation sites is 1. The van der Waals surface area contributed by atoms with Gasteiger partial charge in [0.15, 0.2) is 5.69 Å². The second kappa shape index (κ2) is 8.35. The van der Waals surface area contributed by atoms with E-state index in [1.807, 2.05) is 30.3 Å². The van der Waals surface area contributed by atoms with Gasteiger partial charge in [-0.15, -0.1) is 5.10 Å². The highest BCUT2D eigenvalue weighted by Gasteiger charge is 2.44. The standard InChI is InChI=1S/C20H26N4O2S/c25-19(21-14-20(9-10-20)15-24-11-5-2-6-12-24)18-17(27-23-22-18)13-26-16-7-3-1-4-8-16/h1,3-4,7-8H,2,5-6,9-15H2,(H,21,25). The van der Waals surface area contributed by atoms with E-state index in [2.05, 4.69) is 19.8 Å². The average molecular weight is 387 g/mol. The molecule has 1 saturated heterocycles. The number of nitrogens with zero attached hydrogens (tertiary/aromatic N) is 3. The molecule has 1 aliphatic carbocycles. The molecule has 1 N–H and O–H groups in total. The highest BCUT2D eigenvalue weighted by molar-refractivity contribution is 7.05. The minimum Gasteiger partial charge on any atom is -0.488 e. The number of carbonyl (C=O) groups excluding carboxylic acids is 1. The number of piperidine rings is 1. The lowest BCUT2D eigenvalue weighted by Crippen LogP contribution is -2.40. The lowest BCUT2D eigenvalue weighted by molar-refractivity contribution is 0.0928. The second-order valence-electron chi connectivity index (χ2n) is 7.67. The van der Waals surface area contributed by atoms with Crippen LogP contribution in [0.15, 0.2) is 30.3 Å². The Morgan fingerprint density at radius 1 is 1.19 bits per heavy atom. The Bertz CT molecular complexity index is 754. The van der Waals surface area contributed by atoms with Crippen molar-refractivity contribution in [3.05, 3.63) is 40.9 Å². The molecule has 0 radical (unpaired) electrons. The van der Waals surface area contributed by atoms with Gasteiger partial charge in [-0.1, -0.05) is 29.1 Å². The highest BCUT2D eigenvalue weighted by Crippen LogP contribution is 2.46. The number of carbonyl (C=O) groups is 1.